The van der Waals surface area contributed by atoms with E-state index in [1.807, 2.05) is 6.92 Å². The number of rotatable bonds is 5. The van der Waals surface area contributed by atoms with Crippen LogP contribution in [0.3, 0.4) is 0 Å². The van der Waals surface area contributed by atoms with Gasteiger partial charge in [-0.25, -0.2) is 0 Å². The van der Waals surface area contributed by atoms with Crippen molar-refractivity contribution in [2.75, 3.05) is 12.5 Å². The van der Waals surface area contributed by atoms with Gasteiger partial charge in [0.05, 0.1) is 15.9 Å². The molecule has 0 radical (unpaired) electrons. The molecule has 5 heteroatoms. The molecule has 1 atom stereocenters. The van der Waals surface area contributed by atoms with Crippen LogP contribution in [0.2, 0.25) is 10.0 Å². The summed E-state index contributed by atoms with van der Waals surface area (Å²) in [5, 5.41) is 10.2. The third-order valence-corrected chi connectivity index (χ3v) is 2.98. The van der Waals surface area contributed by atoms with Crippen LogP contribution >= 0.6 is 34.8 Å². The van der Waals surface area contributed by atoms with Gasteiger partial charge in [0.15, 0.2) is 5.75 Å². The topological polar surface area (TPSA) is 29.5 Å². The number of halogens is 3. The number of ether oxygens (including phenoxy) is 1. The van der Waals surface area contributed by atoms with Crippen molar-refractivity contribution in [3.05, 3.63) is 27.7 Å². The molecule has 0 bridgehead atoms. The van der Waals surface area contributed by atoms with Crippen LogP contribution in [-0.2, 0) is 6.42 Å². The first-order valence-corrected chi connectivity index (χ1v) is 6.22. The van der Waals surface area contributed by atoms with E-state index in [1.165, 1.54) is 0 Å². The predicted molar refractivity (Wildman–Crippen MR) is 68.1 cm³/mol. The summed E-state index contributed by atoms with van der Waals surface area (Å²) >= 11 is 17.5. The van der Waals surface area contributed by atoms with Gasteiger partial charge in [-0.1, -0.05) is 30.1 Å². The fourth-order valence-corrected chi connectivity index (χ4v) is 1.91. The Morgan fingerprint density at radius 1 is 1.31 bits per heavy atom. The number of alkyl halides is 1. The van der Waals surface area contributed by atoms with E-state index >= 15 is 0 Å². The lowest BCUT2D eigenvalue weighted by Crippen LogP contribution is -2.19. The van der Waals surface area contributed by atoms with Crippen LogP contribution in [0.15, 0.2) is 12.1 Å². The van der Waals surface area contributed by atoms with E-state index in [0.29, 0.717) is 15.8 Å². The lowest BCUT2D eigenvalue weighted by atomic mass is 10.2. The van der Waals surface area contributed by atoms with Crippen molar-refractivity contribution in [2.45, 2.75) is 19.4 Å². The Morgan fingerprint density at radius 3 is 2.31 bits per heavy atom. The molecule has 0 aliphatic rings. The van der Waals surface area contributed by atoms with Gasteiger partial charge in [-0.2, -0.15) is 0 Å². The van der Waals surface area contributed by atoms with Crippen molar-refractivity contribution in [2.24, 2.45) is 0 Å². The van der Waals surface area contributed by atoms with E-state index in [2.05, 4.69) is 0 Å². The number of aryl methyl sites for hydroxylation is 1. The highest BCUT2D eigenvalue weighted by atomic mass is 35.5. The normalized spacial score (nSPS) is 12.6. The Bertz CT molecular complexity index is 332. The molecular weight excluding hydrogens is 270 g/mol. The number of benzene rings is 1. The highest BCUT2D eigenvalue weighted by Gasteiger charge is 2.11. The molecule has 0 spiro atoms. The van der Waals surface area contributed by atoms with Crippen LogP contribution in [0.1, 0.15) is 12.5 Å². The minimum atomic E-state index is -0.723. The molecule has 90 valence electrons. The van der Waals surface area contributed by atoms with Crippen LogP contribution in [-0.4, -0.2) is 23.7 Å². The van der Waals surface area contributed by atoms with Gasteiger partial charge in [0.1, 0.15) is 12.7 Å². The quantitative estimate of drug-likeness (QED) is 0.838. The molecule has 0 saturated carbocycles. The zero-order valence-corrected chi connectivity index (χ0v) is 11.1. The summed E-state index contributed by atoms with van der Waals surface area (Å²) in [5.74, 6) is 0.507. The maximum Gasteiger partial charge on any atom is 0.156 e. The first-order valence-electron chi connectivity index (χ1n) is 4.93. The molecule has 0 heterocycles. The first-order chi connectivity index (χ1) is 7.58. The molecule has 0 unspecified atom stereocenters. The molecule has 0 fully saturated rings. The van der Waals surface area contributed by atoms with Gasteiger partial charge in [0, 0.05) is 0 Å². The predicted octanol–water partition coefficient (Wildman–Crippen LogP) is 3.53. The van der Waals surface area contributed by atoms with Gasteiger partial charge in [0.2, 0.25) is 0 Å². The minimum absolute atomic E-state index is 0.0778. The summed E-state index contributed by atoms with van der Waals surface area (Å²) in [7, 11) is 0. The maximum atomic E-state index is 9.26. The number of hydrogen-bond acceptors (Lipinski definition) is 2. The molecule has 1 aromatic carbocycles. The highest BCUT2D eigenvalue weighted by Crippen LogP contribution is 2.34. The standard InChI is InChI=1S/C11H13Cl3O2/c1-2-7-3-9(13)11(10(14)4-7)16-6-8(15)5-12/h3-4,8,15H,2,5-6H2,1H3/t8-/m1/s1. The second-order valence-corrected chi connectivity index (χ2v) is 4.48. The smallest absolute Gasteiger partial charge is 0.156 e. The molecule has 2 nitrogen and oxygen atoms in total. The average Bonchev–Trinajstić information content (AvgIpc) is 2.27. The van der Waals surface area contributed by atoms with Gasteiger partial charge >= 0.3 is 0 Å². The van der Waals surface area contributed by atoms with E-state index < -0.39 is 6.10 Å². The van der Waals surface area contributed by atoms with Gasteiger partial charge in [-0.15, -0.1) is 11.6 Å². The second-order valence-electron chi connectivity index (χ2n) is 3.36. The molecule has 1 aromatic rings. The molecule has 16 heavy (non-hydrogen) atoms. The molecule has 0 saturated heterocycles. The van der Waals surface area contributed by atoms with Crippen LogP contribution in [0.4, 0.5) is 0 Å². The van der Waals surface area contributed by atoms with Gasteiger partial charge < -0.3 is 9.84 Å². The number of aliphatic hydroxyl groups is 1. The van der Waals surface area contributed by atoms with E-state index in [9.17, 15) is 5.11 Å². The SMILES string of the molecule is CCc1cc(Cl)c(OC[C@H](O)CCl)c(Cl)c1. The zero-order valence-electron chi connectivity index (χ0n) is 8.84. The highest BCUT2D eigenvalue weighted by molar-refractivity contribution is 6.37. The fraction of sp³-hybridized carbons (Fsp3) is 0.455. The van der Waals surface area contributed by atoms with Crippen LogP contribution in [0.5, 0.6) is 5.75 Å². The Hall–Kier alpha value is -0.150. The van der Waals surface area contributed by atoms with Crippen molar-refractivity contribution in [3.8, 4) is 5.75 Å². The molecule has 1 rings (SSSR count). The average molecular weight is 284 g/mol. The van der Waals surface area contributed by atoms with Crippen molar-refractivity contribution in [1.82, 2.24) is 0 Å². The van der Waals surface area contributed by atoms with Crippen molar-refractivity contribution in [1.29, 1.82) is 0 Å². The second kappa shape index (κ2) is 6.55. The lowest BCUT2D eigenvalue weighted by Gasteiger charge is -2.13. The minimum Gasteiger partial charge on any atom is -0.488 e. The summed E-state index contributed by atoms with van der Waals surface area (Å²) in [6.45, 7) is 2.09. The maximum absolute atomic E-state index is 9.26. The molecular formula is C11H13Cl3O2. The van der Waals surface area contributed by atoms with E-state index in [-0.39, 0.29) is 12.5 Å². The van der Waals surface area contributed by atoms with E-state index in [1.54, 1.807) is 12.1 Å². The summed E-state index contributed by atoms with van der Waals surface area (Å²) in [6.07, 6.45) is 0.129. The Kier molecular flexibility index (Phi) is 5.70. The number of hydrogen-bond donors (Lipinski definition) is 1. The molecule has 1 N–H and O–H groups in total. The summed E-state index contributed by atoms with van der Waals surface area (Å²) in [4.78, 5) is 0. The van der Waals surface area contributed by atoms with Crippen molar-refractivity contribution in [3.63, 3.8) is 0 Å². The Balaban J connectivity index is 2.80. The third-order valence-electron chi connectivity index (χ3n) is 2.06. The van der Waals surface area contributed by atoms with Crippen molar-refractivity contribution < 1.29 is 9.84 Å². The fourth-order valence-electron chi connectivity index (χ4n) is 1.18. The lowest BCUT2D eigenvalue weighted by molar-refractivity contribution is 0.125. The summed E-state index contributed by atoms with van der Waals surface area (Å²) < 4.78 is 5.32. The monoisotopic (exact) mass is 282 g/mol. The third kappa shape index (κ3) is 3.70. The van der Waals surface area contributed by atoms with Crippen LogP contribution < -0.4 is 4.74 Å². The van der Waals surface area contributed by atoms with E-state index in [4.69, 9.17) is 39.5 Å². The largest absolute Gasteiger partial charge is 0.488 e. The van der Waals surface area contributed by atoms with Gasteiger partial charge in [0.25, 0.3) is 0 Å². The molecule has 0 aliphatic heterocycles. The van der Waals surface area contributed by atoms with Crippen LogP contribution in [0, 0.1) is 0 Å². The van der Waals surface area contributed by atoms with Crippen molar-refractivity contribution >= 4 is 34.8 Å². The molecule has 0 amide bonds. The Morgan fingerprint density at radius 2 is 1.88 bits per heavy atom. The van der Waals surface area contributed by atoms with Gasteiger partial charge in [-0.3, -0.25) is 0 Å². The Labute approximate surface area is 110 Å². The molecule has 0 aliphatic carbocycles. The van der Waals surface area contributed by atoms with Gasteiger partial charge in [-0.05, 0) is 24.1 Å². The van der Waals surface area contributed by atoms with E-state index in [0.717, 1.165) is 12.0 Å². The zero-order chi connectivity index (χ0) is 12.1. The summed E-state index contributed by atoms with van der Waals surface area (Å²) in [5.41, 5.74) is 1.04. The first kappa shape index (κ1) is 13.9. The summed E-state index contributed by atoms with van der Waals surface area (Å²) in [6, 6.07) is 3.60. The molecule has 0 aromatic heterocycles. The number of aliphatic hydroxyl groups excluding tert-OH is 1. The van der Waals surface area contributed by atoms with Crippen LogP contribution in [0.25, 0.3) is 0 Å².